The Morgan fingerprint density at radius 1 is 1.27 bits per heavy atom. The molecule has 0 bridgehead atoms. The second-order valence-electron chi connectivity index (χ2n) is 7.22. The molecule has 0 saturated heterocycles. The molecule has 3 amide bonds. The Morgan fingerprint density at radius 3 is 2.80 bits per heavy atom. The molecule has 0 fully saturated rings. The van der Waals surface area contributed by atoms with Gasteiger partial charge in [-0.2, -0.15) is 5.10 Å². The van der Waals surface area contributed by atoms with E-state index in [1.165, 1.54) is 17.0 Å². The van der Waals surface area contributed by atoms with E-state index in [1.54, 1.807) is 4.68 Å². The number of alkyl halides is 2. The van der Waals surface area contributed by atoms with Gasteiger partial charge in [-0.3, -0.25) is 9.48 Å². The summed E-state index contributed by atoms with van der Waals surface area (Å²) in [5.41, 5.74) is 1.89. The van der Waals surface area contributed by atoms with Gasteiger partial charge in [-0.1, -0.05) is 11.6 Å². The van der Waals surface area contributed by atoms with Crippen LogP contribution in [0.5, 0.6) is 0 Å². The SMILES string of the molecule is O=C(Nc1ccc(F)c(Cl)c1)N1CCc2nn3c(c2C1)C(=O)N(CC(F)F)CCC3. The Balaban J connectivity index is 1.55. The Labute approximate surface area is 175 Å². The highest BCUT2D eigenvalue weighted by Gasteiger charge is 2.34. The fraction of sp³-hybridized carbons (Fsp3) is 0.421. The van der Waals surface area contributed by atoms with Crippen LogP contribution in [-0.2, 0) is 19.5 Å². The first-order chi connectivity index (χ1) is 14.3. The second-order valence-corrected chi connectivity index (χ2v) is 7.63. The van der Waals surface area contributed by atoms with Gasteiger partial charge < -0.3 is 15.1 Å². The monoisotopic (exact) mass is 441 g/mol. The van der Waals surface area contributed by atoms with E-state index < -0.39 is 30.7 Å². The van der Waals surface area contributed by atoms with Crippen LogP contribution >= 0.6 is 11.6 Å². The molecule has 3 heterocycles. The summed E-state index contributed by atoms with van der Waals surface area (Å²) in [4.78, 5) is 28.2. The average molecular weight is 442 g/mol. The molecule has 0 saturated carbocycles. The van der Waals surface area contributed by atoms with Crippen LogP contribution in [0.2, 0.25) is 5.02 Å². The zero-order valence-corrected chi connectivity index (χ0v) is 16.6. The van der Waals surface area contributed by atoms with Crippen molar-refractivity contribution in [2.75, 3.05) is 25.0 Å². The number of nitrogens with one attached hydrogen (secondary N) is 1. The number of rotatable bonds is 3. The van der Waals surface area contributed by atoms with Crippen molar-refractivity contribution in [3.8, 4) is 0 Å². The van der Waals surface area contributed by atoms with Gasteiger partial charge in [-0.15, -0.1) is 0 Å². The molecule has 0 spiro atoms. The Kier molecular flexibility index (Phi) is 5.59. The number of benzene rings is 1. The van der Waals surface area contributed by atoms with E-state index in [0.717, 1.165) is 11.0 Å². The zero-order chi connectivity index (χ0) is 21.4. The normalized spacial score (nSPS) is 16.4. The lowest BCUT2D eigenvalue weighted by Gasteiger charge is -2.27. The zero-order valence-electron chi connectivity index (χ0n) is 15.9. The van der Waals surface area contributed by atoms with E-state index >= 15 is 0 Å². The van der Waals surface area contributed by atoms with E-state index in [9.17, 15) is 22.8 Å². The lowest BCUT2D eigenvalue weighted by Crippen LogP contribution is -2.40. The molecule has 0 atom stereocenters. The summed E-state index contributed by atoms with van der Waals surface area (Å²) in [7, 11) is 0. The van der Waals surface area contributed by atoms with Crippen LogP contribution in [0.3, 0.4) is 0 Å². The Morgan fingerprint density at radius 2 is 2.07 bits per heavy atom. The summed E-state index contributed by atoms with van der Waals surface area (Å²) in [6.45, 7) is 0.554. The van der Waals surface area contributed by atoms with Gasteiger partial charge in [0.05, 0.1) is 23.8 Å². The van der Waals surface area contributed by atoms with E-state index in [-0.39, 0.29) is 23.8 Å². The fourth-order valence-electron chi connectivity index (χ4n) is 3.78. The number of fused-ring (bicyclic) bond motifs is 3. The van der Waals surface area contributed by atoms with Crippen LogP contribution in [-0.4, -0.2) is 57.6 Å². The number of urea groups is 1. The van der Waals surface area contributed by atoms with Crippen LogP contribution in [0.4, 0.5) is 23.7 Å². The third-order valence-electron chi connectivity index (χ3n) is 5.21. The standard InChI is InChI=1S/C19H19ClF3N5O2/c20-13-8-11(2-3-14(13)21)24-19(30)27-7-4-15-12(9-27)17-18(29)26(10-16(22)23)5-1-6-28(17)25-15/h2-3,8,16H,1,4-7,9-10H2,(H,24,30). The molecular formula is C19H19ClF3N5O2. The van der Waals surface area contributed by atoms with Crippen molar-refractivity contribution < 1.29 is 22.8 Å². The maximum absolute atomic E-state index is 13.3. The first-order valence-corrected chi connectivity index (χ1v) is 9.88. The molecule has 160 valence electrons. The number of hydrogen-bond donors (Lipinski definition) is 1. The fourth-order valence-corrected chi connectivity index (χ4v) is 3.96. The third kappa shape index (κ3) is 3.96. The highest BCUT2D eigenvalue weighted by atomic mass is 35.5. The number of aryl methyl sites for hydroxylation is 1. The van der Waals surface area contributed by atoms with Gasteiger partial charge in [0.25, 0.3) is 12.3 Å². The van der Waals surface area contributed by atoms with Crippen molar-refractivity contribution in [2.24, 2.45) is 0 Å². The molecule has 1 N–H and O–H groups in total. The minimum atomic E-state index is -2.62. The van der Waals surface area contributed by atoms with Crippen molar-refractivity contribution in [1.29, 1.82) is 0 Å². The summed E-state index contributed by atoms with van der Waals surface area (Å²) in [5.74, 6) is -1.08. The molecule has 2 aromatic rings. The molecule has 0 unspecified atom stereocenters. The van der Waals surface area contributed by atoms with Crippen molar-refractivity contribution in [2.45, 2.75) is 32.4 Å². The van der Waals surface area contributed by atoms with Crippen LogP contribution in [0.25, 0.3) is 0 Å². The van der Waals surface area contributed by atoms with Crippen molar-refractivity contribution >= 4 is 29.2 Å². The molecule has 1 aromatic carbocycles. The van der Waals surface area contributed by atoms with E-state index in [2.05, 4.69) is 10.4 Å². The number of aromatic nitrogens is 2. The Hall–Kier alpha value is -2.75. The minimum Gasteiger partial charge on any atom is -0.332 e. The van der Waals surface area contributed by atoms with E-state index in [1.807, 2.05) is 0 Å². The lowest BCUT2D eigenvalue weighted by molar-refractivity contribution is 0.0558. The number of carbonyl (C=O) groups excluding carboxylic acids is 2. The smallest absolute Gasteiger partial charge is 0.322 e. The van der Waals surface area contributed by atoms with Crippen LogP contribution in [0.1, 0.15) is 28.2 Å². The topological polar surface area (TPSA) is 70.5 Å². The first kappa shape index (κ1) is 20.5. The summed E-state index contributed by atoms with van der Waals surface area (Å²) in [6.07, 6.45) is -1.65. The molecule has 1 aromatic heterocycles. The molecule has 7 nitrogen and oxygen atoms in total. The second kappa shape index (κ2) is 8.17. The van der Waals surface area contributed by atoms with Crippen molar-refractivity contribution in [3.63, 3.8) is 0 Å². The lowest BCUT2D eigenvalue weighted by atomic mass is 10.0. The quantitative estimate of drug-likeness (QED) is 0.794. The largest absolute Gasteiger partial charge is 0.332 e. The van der Waals surface area contributed by atoms with Crippen LogP contribution in [0, 0.1) is 5.82 Å². The van der Waals surface area contributed by atoms with Gasteiger partial charge in [0.1, 0.15) is 11.5 Å². The van der Waals surface area contributed by atoms with Crippen LogP contribution in [0.15, 0.2) is 18.2 Å². The molecule has 11 heteroatoms. The molecule has 30 heavy (non-hydrogen) atoms. The molecule has 0 aliphatic carbocycles. The third-order valence-corrected chi connectivity index (χ3v) is 5.50. The highest BCUT2D eigenvalue weighted by molar-refractivity contribution is 6.31. The molecule has 4 rings (SSSR count). The molecule has 0 radical (unpaired) electrons. The maximum atomic E-state index is 13.3. The predicted octanol–water partition coefficient (Wildman–Crippen LogP) is 3.38. The van der Waals surface area contributed by atoms with Gasteiger partial charge >= 0.3 is 6.03 Å². The van der Waals surface area contributed by atoms with E-state index in [4.69, 9.17) is 11.6 Å². The van der Waals surface area contributed by atoms with Gasteiger partial charge in [-0.25, -0.2) is 18.0 Å². The van der Waals surface area contributed by atoms with Gasteiger partial charge in [0.2, 0.25) is 0 Å². The summed E-state index contributed by atoms with van der Waals surface area (Å²) < 4.78 is 40.7. The van der Waals surface area contributed by atoms with Gasteiger partial charge in [-0.05, 0) is 24.6 Å². The van der Waals surface area contributed by atoms with Crippen molar-refractivity contribution in [3.05, 3.63) is 46.0 Å². The van der Waals surface area contributed by atoms with Crippen molar-refractivity contribution in [1.82, 2.24) is 19.6 Å². The highest BCUT2D eigenvalue weighted by Crippen LogP contribution is 2.27. The molecule has 2 aliphatic rings. The molecular weight excluding hydrogens is 423 g/mol. The number of carbonyl (C=O) groups is 2. The van der Waals surface area contributed by atoms with Gasteiger partial charge in [0.15, 0.2) is 0 Å². The van der Waals surface area contributed by atoms with Crippen LogP contribution < -0.4 is 5.32 Å². The maximum Gasteiger partial charge on any atom is 0.322 e. The average Bonchev–Trinajstić information content (AvgIpc) is 2.99. The minimum absolute atomic E-state index is 0.111. The summed E-state index contributed by atoms with van der Waals surface area (Å²) >= 11 is 5.75. The Bertz CT molecular complexity index is 997. The number of nitrogens with zero attached hydrogens (tertiary/aromatic N) is 4. The number of hydrogen-bond acceptors (Lipinski definition) is 3. The number of anilines is 1. The number of amides is 3. The van der Waals surface area contributed by atoms with E-state index in [0.29, 0.717) is 42.9 Å². The summed E-state index contributed by atoms with van der Waals surface area (Å²) in [6, 6.07) is 3.42. The first-order valence-electron chi connectivity index (χ1n) is 9.50. The van der Waals surface area contributed by atoms with Gasteiger partial charge in [0, 0.05) is 37.3 Å². The summed E-state index contributed by atoms with van der Waals surface area (Å²) in [5, 5.41) is 7.02. The predicted molar refractivity (Wildman–Crippen MR) is 103 cm³/mol. The molecule has 2 aliphatic heterocycles. The number of halogens is 4.